The van der Waals surface area contributed by atoms with E-state index in [0.717, 1.165) is 39.6 Å². The molecule has 0 fully saturated rings. The zero-order valence-electron chi connectivity index (χ0n) is 10.4. The van der Waals surface area contributed by atoms with Crippen molar-refractivity contribution >= 4 is 27.3 Å². The number of halogens is 1. The van der Waals surface area contributed by atoms with Crippen LogP contribution in [0.25, 0.3) is 0 Å². The molecule has 0 saturated carbocycles. The Kier molecular flexibility index (Phi) is 4.74. The second-order valence-electron chi connectivity index (χ2n) is 3.94. The van der Waals surface area contributed by atoms with Crippen molar-refractivity contribution in [1.82, 2.24) is 10.3 Å². The van der Waals surface area contributed by atoms with Crippen molar-refractivity contribution in [3.05, 3.63) is 44.3 Å². The molecule has 0 radical (unpaired) electrons. The summed E-state index contributed by atoms with van der Waals surface area (Å²) in [5.41, 5.74) is 2.22. The number of hydrogen-bond acceptors (Lipinski definition) is 4. The molecule has 0 spiro atoms. The van der Waals surface area contributed by atoms with Crippen LogP contribution in [0, 0.1) is 6.92 Å². The molecule has 0 aliphatic carbocycles. The van der Waals surface area contributed by atoms with Crippen molar-refractivity contribution in [1.29, 1.82) is 0 Å². The van der Waals surface area contributed by atoms with Gasteiger partial charge in [0.05, 0.1) is 7.11 Å². The van der Waals surface area contributed by atoms with Gasteiger partial charge < -0.3 is 10.1 Å². The second kappa shape index (κ2) is 6.31. The van der Waals surface area contributed by atoms with Crippen LogP contribution in [0.5, 0.6) is 5.75 Å². The average Bonchev–Trinajstić information content (AvgIpc) is 2.75. The highest BCUT2D eigenvalue weighted by atomic mass is 79.9. The number of thiazole rings is 1. The minimum absolute atomic E-state index is 0.765. The molecule has 96 valence electrons. The summed E-state index contributed by atoms with van der Waals surface area (Å²) in [6.45, 7) is 3.56. The van der Waals surface area contributed by atoms with Crippen LogP contribution in [0.2, 0.25) is 0 Å². The van der Waals surface area contributed by atoms with Crippen molar-refractivity contribution in [2.45, 2.75) is 20.0 Å². The minimum Gasteiger partial charge on any atom is -0.496 e. The third-order valence-electron chi connectivity index (χ3n) is 2.50. The first-order valence-electron chi connectivity index (χ1n) is 5.63. The summed E-state index contributed by atoms with van der Waals surface area (Å²) in [5.74, 6) is 0.904. The largest absolute Gasteiger partial charge is 0.496 e. The number of rotatable bonds is 5. The van der Waals surface area contributed by atoms with E-state index in [1.54, 1.807) is 18.4 Å². The maximum atomic E-state index is 5.33. The maximum Gasteiger partial charge on any atom is 0.123 e. The van der Waals surface area contributed by atoms with Crippen molar-refractivity contribution in [3.8, 4) is 5.75 Å². The first kappa shape index (κ1) is 13.5. The van der Waals surface area contributed by atoms with Crippen LogP contribution in [0.3, 0.4) is 0 Å². The Balaban J connectivity index is 1.95. The van der Waals surface area contributed by atoms with Crippen LogP contribution in [0.15, 0.2) is 28.1 Å². The van der Waals surface area contributed by atoms with Crippen molar-refractivity contribution in [2.24, 2.45) is 0 Å². The lowest BCUT2D eigenvalue weighted by atomic mass is 10.2. The van der Waals surface area contributed by atoms with E-state index in [0.29, 0.717) is 0 Å². The van der Waals surface area contributed by atoms with E-state index < -0.39 is 0 Å². The fourth-order valence-corrected chi connectivity index (χ4v) is 2.82. The van der Waals surface area contributed by atoms with Gasteiger partial charge >= 0.3 is 0 Å². The highest BCUT2D eigenvalue weighted by molar-refractivity contribution is 9.10. The van der Waals surface area contributed by atoms with Gasteiger partial charge in [0.25, 0.3) is 0 Å². The first-order valence-corrected chi connectivity index (χ1v) is 7.30. The Morgan fingerprint density at radius 1 is 1.39 bits per heavy atom. The highest BCUT2D eigenvalue weighted by Gasteiger charge is 2.04. The molecule has 1 aromatic heterocycles. The molecule has 0 saturated heterocycles. The molecule has 0 atom stereocenters. The Labute approximate surface area is 119 Å². The molecule has 0 aliphatic heterocycles. The van der Waals surface area contributed by atoms with Crippen LogP contribution >= 0.6 is 27.3 Å². The highest BCUT2D eigenvalue weighted by Crippen LogP contribution is 2.22. The molecular weight excluding hydrogens is 312 g/mol. The number of benzene rings is 1. The summed E-state index contributed by atoms with van der Waals surface area (Å²) >= 11 is 5.16. The lowest BCUT2D eigenvalue weighted by molar-refractivity contribution is 0.407. The Bertz CT molecular complexity index is 527. The lowest BCUT2D eigenvalue weighted by Crippen LogP contribution is -2.13. The average molecular weight is 327 g/mol. The number of ether oxygens (including phenoxy) is 1. The van der Waals surface area contributed by atoms with Crippen LogP contribution in [-0.2, 0) is 13.1 Å². The zero-order valence-corrected chi connectivity index (χ0v) is 12.8. The van der Waals surface area contributed by atoms with Gasteiger partial charge in [-0.25, -0.2) is 4.98 Å². The molecule has 5 heteroatoms. The van der Waals surface area contributed by atoms with E-state index in [1.165, 1.54) is 0 Å². The molecule has 18 heavy (non-hydrogen) atoms. The number of aromatic nitrogens is 1. The predicted molar refractivity (Wildman–Crippen MR) is 78.1 cm³/mol. The smallest absolute Gasteiger partial charge is 0.123 e. The molecule has 0 unspecified atom stereocenters. The first-order chi connectivity index (χ1) is 8.69. The quantitative estimate of drug-likeness (QED) is 0.912. The van der Waals surface area contributed by atoms with E-state index in [9.17, 15) is 0 Å². The van der Waals surface area contributed by atoms with Gasteiger partial charge in [0.1, 0.15) is 10.8 Å². The number of hydrogen-bond donors (Lipinski definition) is 1. The molecular formula is C13H15BrN2OS. The topological polar surface area (TPSA) is 34.1 Å². The van der Waals surface area contributed by atoms with E-state index in [2.05, 4.69) is 37.7 Å². The molecule has 1 heterocycles. The van der Waals surface area contributed by atoms with E-state index in [-0.39, 0.29) is 0 Å². The Morgan fingerprint density at radius 2 is 2.22 bits per heavy atom. The maximum absolute atomic E-state index is 5.33. The van der Waals surface area contributed by atoms with E-state index >= 15 is 0 Å². The second-order valence-corrected chi connectivity index (χ2v) is 5.80. The Hall–Kier alpha value is -0.910. The molecule has 0 aliphatic rings. The molecule has 1 aromatic carbocycles. The van der Waals surface area contributed by atoms with E-state index in [1.807, 2.05) is 19.1 Å². The molecule has 3 nitrogen and oxygen atoms in total. The van der Waals surface area contributed by atoms with Gasteiger partial charge in [-0.2, -0.15) is 0 Å². The van der Waals surface area contributed by atoms with Gasteiger partial charge in [0, 0.05) is 34.2 Å². The third-order valence-corrected chi connectivity index (χ3v) is 3.96. The van der Waals surface area contributed by atoms with Crippen LogP contribution in [0.4, 0.5) is 0 Å². The van der Waals surface area contributed by atoms with Gasteiger partial charge in [0.15, 0.2) is 0 Å². The van der Waals surface area contributed by atoms with Gasteiger partial charge in [-0.1, -0.05) is 15.9 Å². The molecule has 0 amide bonds. The summed E-state index contributed by atoms with van der Waals surface area (Å²) in [4.78, 5) is 4.42. The number of nitrogens with zero attached hydrogens (tertiary/aromatic N) is 1. The summed E-state index contributed by atoms with van der Waals surface area (Å²) in [6.07, 6.45) is 0. The summed E-state index contributed by atoms with van der Waals surface area (Å²) in [6, 6.07) is 6.01. The van der Waals surface area contributed by atoms with Gasteiger partial charge in [-0.05, 0) is 25.1 Å². The minimum atomic E-state index is 0.765. The van der Waals surface area contributed by atoms with Gasteiger partial charge in [0.2, 0.25) is 0 Å². The van der Waals surface area contributed by atoms with Gasteiger partial charge in [-0.3, -0.25) is 0 Å². The lowest BCUT2D eigenvalue weighted by Gasteiger charge is -2.09. The molecule has 2 rings (SSSR count). The SMILES string of the molecule is COc1ccc(Br)cc1CNCc1nc(C)cs1. The Morgan fingerprint density at radius 3 is 2.89 bits per heavy atom. The summed E-state index contributed by atoms with van der Waals surface area (Å²) < 4.78 is 6.39. The monoisotopic (exact) mass is 326 g/mol. The van der Waals surface area contributed by atoms with Crippen molar-refractivity contribution < 1.29 is 4.74 Å². The summed E-state index contributed by atoms with van der Waals surface area (Å²) in [7, 11) is 1.69. The molecule has 0 bridgehead atoms. The fraction of sp³-hybridized carbons (Fsp3) is 0.308. The van der Waals surface area contributed by atoms with Crippen molar-refractivity contribution in [2.75, 3.05) is 7.11 Å². The number of nitrogens with one attached hydrogen (secondary N) is 1. The number of aryl methyl sites for hydroxylation is 1. The normalized spacial score (nSPS) is 10.6. The molecule has 1 N–H and O–H groups in total. The molecule has 2 aromatic rings. The van der Waals surface area contributed by atoms with Crippen LogP contribution in [-0.4, -0.2) is 12.1 Å². The van der Waals surface area contributed by atoms with E-state index in [4.69, 9.17) is 4.74 Å². The standard InChI is InChI=1S/C13H15BrN2OS/c1-9-8-18-13(16-9)7-15-6-10-5-11(14)3-4-12(10)17-2/h3-5,8,15H,6-7H2,1-2H3. The fourth-order valence-electron chi connectivity index (χ4n) is 1.67. The van der Waals surface area contributed by atoms with Crippen molar-refractivity contribution in [3.63, 3.8) is 0 Å². The predicted octanol–water partition coefficient (Wildman–Crippen LogP) is 3.51. The summed E-state index contributed by atoms with van der Waals surface area (Å²) in [5, 5.41) is 6.56. The third kappa shape index (κ3) is 3.54. The van der Waals surface area contributed by atoms with Crippen LogP contribution < -0.4 is 10.1 Å². The van der Waals surface area contributed by atoms with Gasteiger partial charge in [-0.15, -0.1) is 11.3 Å². The zero-order chi connectivity index (χ0) is 13.0. The van der Waals surface area contributed by atoms with Crippen LogP contribution in [0.1, 0.15) is 16.3 Å². The number of methoxy groups -OCH3 is 1.